The molecule has 1 aromatic rings. The molecular weight excluding hydrogens is 250 g/mol. The molecule has 1 aliphatic heterocycles. The second-order valence-electron chi connectivity index (χ2n) is 4.96. The van der Waals surface area contributed by atoms with Gasteiger partial charge in [-0.25, -0.2) is 8.42 Å². The molecule has 1 heterocycles. The third-order valence-corrected chi connectivity index (χ3v) is 4.24. The summed E-state index contributed by atoms with van der Waals surface area (Å²) in [6.07, 6.45) is 1.91. The first kappa shape index (κ1) is 13.1. The molecule has 1 aromatic carbocycles. The maximum atomic E-state index is 12.0. The SMILES string of the molecule is CC(C)C(=O)N1CCc2cc(S(C)(=O)=O)ccc21. The van der Waals surface area contributed by atoms with Crippen molar-refractivity contribution >= 4 is 21.4 Å². The highest BCUT2D eigenvalue weighted by atomic mass is 32.2. The minimum absolute atomic E-state index is 0.0504. The Bertz CT molecular complexity index is 590. The van der Waals surface area contributed by atoms with Crippen LogP contribution in [0.3, 0.4) is 0 Å². The van der Waals surface area contributed by atoms with Gasteiger partial charge in [-0.3, -0.25) is 4.79 Å². The van der Waals surface area contributed by atoms with Crippen molar-refractivity contribution in [2.75, 3.05) is 17.7 Å². The molecule has 18 heavy (non-hydrogen) atoms. The van der Waals surface area contributed by atoms with E-state index in [-0.39, 0.29) is 11.8 Å². The van der Waals surface area contributed by atoms with Crippen LogP contribution >= 0.6 is 0 Å². The van der Waals surface area contributed by atoms with Gasteiger partial charge in [-0.2, -0.15) is 0 Å². The summed E-state index contributed by atoms with van der Waals surface area (Å²) in [7, 11) is -3.18. The molecule has 0 aliphatic carbocycles. The zero-order chi connectivity index (χ0) is 13.5. The average Bonchev–Trinajstić information content (AvgIpc) is 2.69. The highest BCUT2D eigenvalue weighted by Crippen LogP contribution is 2.31. The van der Waals surface area contributed by atoms with Crippen LogP contribution in [0.5, 0.6) is 0 Å². The Kier molecular flexibility index (Phi) is 3.19. The molecule has 0 bridgehead atoms. The van der Waals surface area contributed by atoms with Gasteiger partial charge in [0.05, 0.1) is 4.90 Å². The van der Waals surface area contributed by atoms with Gasteiger partial charge in [-0.1, -0.05) is 13.8 Å². The topological polar surface area (TPSA) is 54.5 Å². The van der Waals surface area contributed by atoms with E-state index in [2.05, 4.69) is 0 Å². The molecule has 0 N–H and O–H groups in total. The number of fused-ring (bicyclic) bond motifs is 1. The summed E-state index contributed by atoms with van der Waals surface area (Å²) in [5, 5.41) is 0. The number of hydrogen-bond donors (Lipinski definition) is 0. The van der Waals surface area contributed by atoms with Gasteiger partial charge < -0.3 is 4.90 Å². The van der Waals surface area contributed by atoms with Crippen molar-refractivity contribution in [3.05, 3.63) is 23.8 Å². The van der Waals surface area contributed by atoms with Crippen LogP contribution in [0.4, 0.5) is 5.69 Å². The molecule has 1 amide bonds. The van der Waals surface area contributed by atoms with Gasteiger partial charge in [-0.15, -0.1) is 0 Å². The molecular formula is C13H17NO3S. The molecule has 0 atom stereocenters. The lowest BCUT2D eigenvalue weighted by Crippen LogP contribution is -2.32. The van der Waals surface area contributed by atoms with Gasteiger partial charge in [0.1, 0.15) is 0 Å². The number of hydrogen-bond acceptors (Lipinski definition) is 3. The number of anilines is 1. The molecule has 0 saturated heterocycles. The van der Waals surface area contributed by atoms with Gasteiger partial charge in [0.2, 0.25) is 5.91 Å². The van der Waals surface area contributed by atoms with Crippen molar-refractivity contribution in [2.24, 2.45) is 5.92 Å². The van der Waals surface area contributed by atoms with Crippen LogP contribution in [0.1, 0.15) is 19.4 Å². The molecule has 4 nitrogen and oxygen atoms in total. The van der Waals surface area contributed by atoms with Crippen molar-refractivity contribution < 1.29 is 13.2 Å². The van der Waals surface area contributed by atoms with Gasteiger partial charge >= 0.3 is 0 Å². The Morgan fingerprint density at radius 1 is 1.33 bits per heavy atom. The standard InChI is InChI=1S/C13H17NO3S/c1-9(2)13(15)14-7-6-10-8-11(18(3,16)17)4-5-12(10)14/h4-5,8-9H,6-7H2,1-3H3. The lowest BCUT2D eigenvalue weighted by molar-refractivity contribution is -0.121. The Labute approximate surface area is 108 Å². The highest BCUT2D eigenvalue weighted by Gasteiger charge is 2.27. The maximum absolute atomic E-state index is 12.0. The summed E-state index contributed by atoms with van der Waals surface area (Å²) >= 11 is 0. The minimum atomic E-state index is -3.18. The average molecular weight is 267 g/mol. The van der Waals surface area contributed by atoms with Crippen LogP contribution in [0.15, 0.2) is 23.1 Å². The molecule has 5 heteroatoms. The summed E-state index contributed by atoms with van der Waals surface area (Å²) in [5.74, 6) is 0.0337. The molecule has 2 rings (SSSR count). The number of carbonyl (C=O) groups is 1. The maximum Gasteiger partial charge on any atom is 0.229 e. The minimum Gasteiger partial charge on any atom is -0.312 e. The van der Waals surface area contributed by atoms with E-state index < -0.39 is 9.84 Å². The van der Waals surface area contributed by atoms with Crippen LogP contribution in [-0.4, -0.2) is 27.1 Å². The van der Waals surface area contributed by atoms with Gasteiger partial charge in [0.25, 0.3) is 0 Å². The third-order valence-electron chi connectivity index (χ3n) is 3.13. The number of sulfone groups is 1. The van der Waals surface area contributed by atoms with Crippen molar-refractivity contribution in [3.63, 3.8) is 0 Å². The third kappa shape index (κ3) is 2.27. The van der Waals surface area contributed by atoms with Crippen molar-refractivity contribution in [3.8, 4) is 0 Å². The van der Waals surface area contributed by atoms with E-state index in [0.717, 1.165) is 17.7 Å². The first-order chi connectivity index (χ1) is 8.30. The first-order valence-corrected chi connectivity index (χ1v) is 7.84. The van der Waals surface area contributed by atoms with Crippen molar-refractivity contribution in [1.82, 2.24) is 0 Å². The highest BCUT2D eigenvalue weighted by molar-refractivity contribution is 7.90. The van der Waals surface area contributed by atoms with E-state index in [0.29, 0.717) is 11.4 Å². The van der Waals surface area contributed by atoms with Gasteiger partial charge in [0, 0.05) is 24.4 Å². The fourth-order valence-corrected chi connectivity index (χ4v) is 2.82. The number of amides is 1. The van der Waals surface area contributed by atoms with E-state index in [4.69, 9.17) is 0 Å². The zero-order valence-electron chi connectivity index (χ0n) is 10.8. The van der Waals surface area contributed by atoms with E-state index in [9.17, 15) is 13.2 Å². The number of carbonyl (C=O) groups excluding carboxylic acids is 1. The van der Waals surface area contributed by atoms with Gasteiger partial charge in [0.15, 0.2) is 9.84 Å². The molecule has 0 radical (unpaired) electrons. The predicted octanol–water partition coefficient (Wildman–Crippen LogP) is 1.64. The Morgan fingerprint density at radius 2 is 2.00 bits per heavy atom. The molecule has 98 valence electrons. The second kappa shape index (κ2) is 4.39. The van der Waals surface area contributed by atoms with Crippen LogP contribution in [0.2, 0.25) is 0 Å². The summed E-state index contributed by atoms with van der Waals surface area (Å²) in [4.78, 5) is 14.1. The Morgan fingerprint density at radius 3 is 2.56 bits per heavy atom. The van der Waals surface area contributed by atoms with Crippen LogP contribution in [-0.2, 0) is 21.1 Å². The van der Waals surface area contributed by atoms with E-state index in [1.165, 1.54) is 6.26 Å². The van der Waals surface area contributed by atoms with E-state index in [1.54, 1.807) is 23.1 Å². The van der Waals surface area contributed by atoms with Crippen molar-refractivity contribution in [2.45, 2.75) is 25.2 Å². The molecule has 1 aliphatic rings. The Balaban J connectivity index is 2.40. The quantitative estimate of drug-likeness (QED) is 0.818. The molecule has 0 spiro atoms. The van der Waals surface area contributed by atoms with E-state index in [1.807, 2.05) is 13.8 Å². The molecule has 0 fully saturated rings. The molecule has 0 aromatic heterocycles. The van der Waals surface area contributed by atoms with Crippen LogP contribution in [0, 0.1) is 5.92 Å². The number of benzene rings is 1. The monoisotopic (exact) mass is 267 g/mol. The summed E-state index contributed by atoms with van der Waals surface area (Å²) < 4.78 is 23.0. The second-order valence-corrected chi connectivity index (χ2v) is 6.97. The van der Waals surface area contributed by atoms with Gasteiger partial charge in [-0.05, 0) is 30.2 Å². The van der Waals surface area contributed by atoms with Crippen molar-refractivity contribution in [1.29, 1.82) is 0 Å². The summed E-state index contributed by atoms with van der Waals surface area (Å²) in [5.41, 5.74) is 1.79. The fourth-order valence-electron chi connectivity index (χ4n) is 2.15. The number of rotatable bonds is 2. The Hall–Kier alpha value is -1.36. The normalized spacial score (nSPS) is 15.0. The number of nitrogens with zero attached hydrogens (tertiary/aromatic N) is 1. The predicted molar refractivity (Wildman–Crippen MR) is 70.4 cm³/mol. The molecule has 0 saturated carbocycles. The fraction of sp³-hybridized carbons (Fsp3) is 0.462. The van der Waals surface area contributed by atoms with Crippen LogP contribution in [0.25, 0.3) is 0 Å². The lowest BCUT2D eigenvalue weighted by atomic mass is 10.1. The first-order valence-electron chi connectivity index (χ1n) is 5.95. The molecule has 0 unspecified atom stereocenters. The largest absolute Gasteiger partial charge is 0.312 e. The zero-order valence-corrected chi connectivity index (χ0v) is 11.6. The lowest BCUT2D eigenvalue weighted by Gasteiger charge is -2.19. The summed E-state index contributed by atoms with van der Waals surface area (Å²) in [6, 6.07) is 4.98. The van der Waals surface area contributed by atoms with E-state index >= 15 is 0 Å². The smallest absolute Gasteiger partial charge is 0.229 e. The summed E-state index contributed by atoms with van der Waals surface area (Å²) in [6.45, 7) is 4.37. The van der Waals surface area contributed by atoms with Crippen LogP contribution < -0.4 is 4.90 Å².